The molecule has 1 saturated heterocycles. The van der Waals surface area contributed by atoms with E-state index in [1.54, 1.807) is 0 Å². The predicted octanol–water partition coefficient (Wildman–Crippen LogP) is 2.67. The van der Waals surface area contributed by atoms with Crippen molar-refractivity contribution in [3.8, 4) is 0 Å². The minimum atomic E-state index is 0.452. The smallest absolute Gasteiger partial charge is 0.0765 e. The van der Waals surface area contributed by atoms with Crippen LogP contribution in [0.3, 0.4) is 0 Å². The fourth-order valence-corrected chi connectivity index (χ4v) is 2.68. The highest BCUT2D eigenvalue weighted by Gasteiger charge is 2.24. The van der Waals surface area contributed by atoms with Crippen molar-refractivity contribution in [1.29, 1.82) is 0 Å². The molecule has 1 aromatic carbocycles. The van der Waals surface area contributed by atoms with Crippen LogP contribution in [0.4, 0.5) is 11.4 Å². The minimum Gasteiger partial charge on any atom is -0.397 e. The summed E-state index contributed by atoms with van der Waals surface area (Å²) in [6.45, 7) is 4.49. The highest BCUT2D eigenvalue weighted by atomic mass is 35.5. The van der Waals surface area contributed by atoms with Crippen molar-refractivity contribution >= 4 is 23.0 Å². The van der Waals surface area contributed by atoms with Crippen LogP contribution < -0.4 is 11.1 Å². The van der Waals surface area contributed by atoms with Crippen LogP contribution in [-0.4, -0.2) is 31.1 Å². The molecule has 1 fully saturated rings. The molecule has 0 saturated carbocycles. The molecule has 2 rings (SSSR count). The van der Waals surface area contributed by atoms with E-state index in [-0.39, 0.29) is 0 Å². The van der Waals surface area contributed by atoms with Crippen molar-refractivity contribution in [2.24, 2.45) is 5.92 Å². The Morgan fingerprint density at radius 3 is 2.88 bits per heavy atom. The third kappa shape index (κ3) is 2.85. The van der Waals surface area contributed by atoms with Gasteiger partial charge in [-0.2, -0.15) is 0 Å². The quantitative estimate of drug-likeness (QED) is 0.797. The van der Waals surface area contributed by atoms with E-state index in [0.29, 0.717) is 17.0 Å². The van der Waals surface area contributed by atoms with Gasteiger partial charge in [-0.3, -0.25) is 0 Å². The van der Waals surface area contributed by atoms with Crippen LogP contribution in [0, 0.1) is 5.92 Å². The van der Waals surface area contributed by atoms with Crippen molar-refractivity contribution in [3.05, 3.63) is 23.2 Å². The number of likely N-dealkylation sites (tertiary alicyclic amines) is 1. The third-order valence-corrected chi connectivity index (χ3v) is 3.80. The van der Waals surface area contributed by atoms with Crippen molar-refractivity contribution in [2.45, 2.75) is 19.4 Å². The molecular weight excluding hydrogens is 234 g/mol. The fourth-order valence-electron chi connectivity index (χ4n) is 2.45. The van der Waals surface area contributed by atoms with Crippen LogP contribution in [-0.2, 0) is 0 Å². The Hall–Kier alpha value is -0.930. The van der Waals surface area contributed by atoms with Gasteiger partial charge >= 0.3 is 0 Å². The topological polar surface area (TPSA) is 41.3 Å². The molecule has 2 unspecified atom stereocenters. The highest BCUT2D eigenvalue weighted by Crippen LogP contribution is 2.30. The summed E-state index contributed by atoms with van der Waals surface area (Å²) < 4.78 is 0. The summed E-state index contributed by atoms with van der Waals surface area (Å²) in [6.07, 6.45) is 1.13. The number of rotatable bonds is 2. The Labute approximate surface area is 108 Å². The second kappa shape index (κ2) is 5.15. The maximum atomic E-state index is 6.17. The first-order valence-corrected chi connectivity index (χ1v) is 6.45. The van der Waals surface area contributed by atoms with Gasteiger partial charge in [0.2, 0.25) is 0 Å². The molecule has 2 atom stereocenters. The van der Waals surface area contributed by atoms with E-state index < -0.39 is 0 Å². The molecule has 0 amide bonds. The summed E-state index contributed by atoms with van der Waals surface area (Å²) in [7, 11) is 2.16. The maximum Gasteiger partial charge on any atom is 0.0765 e. The van der Waals surface area contributed by atoms with Gasteiger partial charge in [-0.05, 0) is 38.1 Å². The summed E-state index contributed by atoms with van der Waals surface area (Å²) >= 11 is 6.17. The van der Waals surface area contributed by atoms with E-state index >= 15 is 0 Å². The fraction of sp³-hybridized carbons (Fsp3) is 0.538. The molecule has 0 spiro atoms. The van der Waals surface area contributed by atoms with Crippen LogP contribution in [0.15, 0.2) is 18.2 Å². The SMILES string of the molecule is CC1CN(C)CCC1Nc1c(N)cccc1Cl. The largest absolute Gasteiger partial charge is 0.397 e. The molecular formula is C13H20ClN3. The highest BCUT2D eigenvalue weighted by molar-refractivity contribution is 6.33. The average molecular weight is 254 g/mol. The number of halogens is 1. The predicted molar refractivity (Wildman–Crippen MR) is 74.6 cm³/mol. The summed E-state index contributed by atoms with van der Waals surface area (Å²) in [5.41, 5.74) is 7.56. The number of hydrogen-bond acceptors (Lipinski definition) is 3. The summed E-state index contributed by atoms with van der Waals surface area (Å²) in [5, 5.41) is 4.21. The minimum absolute atomic E-state index is 0.452. The normalized spacial score (nSPS) is 25.8. The van der Waals surface area contributed by atoms with Gasteiger partial charge in [0.15, 0.2) is 0 Å². The van der Waals surface area contributed by atoms with Gasteiger partial charge in [0.25, 0.3) is 0 Å². The second-order valence-corrected chi connectivity index (χ2v) is 5.39. The number of benzene rings is 1. The standard InChI is InChI=1S/C13H20ClN3/c1-9-8-17(2)7-6-12(9)16-13-10(14)4-3-5-11(13)15/h3-5,9,12,16H,6-8,15H2,1-2H3. The molecule has 4 heteroatoms. The molecule has 1 aliphatic heterocycles. The lowest BCUT2D eigenvalue weighted by Crippen LogP contribution is -2.43. The van der Waals surface area contributed by atoms with Gasteiger partial charge in [0.05, 0.1) is 16.4 Å². The molecule has 17 heavy (non-hydrogen) atoms. The van der Waals surface area contributed by atoms with Gasteiger partial charge in [-0.25, -0.2) is 0 Å². The first-order chi connectivity index (χ1) is 8.08. The lowest BCUT2D eigenvalue weighted by atomic mass is 9.94. The number of anilines is 2. The van der Waals surface area contributed by atoms with Crippen molar-refractivity contribution in [3.63, 3.8) is 0 Å². The van der Waals surface area contributed by atoms with Crippen LogP contribution in [0.2, 0.25) is 5.02 Å². The first-order valence-electron chi connectivity index (χ1n) is 6.07. The van der Waals surface area contributed by atoms with E-state index in [4.69, 9.17) is 17.3 Å². The molecule has 94 valence electrons. The number of hydrogen-bond donors (Lipinski definition) is 2. The third-order valence-electron chi connectivity index (χ3n) is 3.48. The summed E-state index contributed by atoms with van der Waals surface area (Å²) in [5.74, 6) is 0.601. The zero-order valence-corrected chi connectivity index (χ0v) is 11.2. The lowest BCUT2D eigenvalue weighted by molar-refractivity contribution is 0.206. The Kier molecular flexibility index (Phi) is 3.79. The average Bonchev–Trinajstić information content (AvgIpc) is 2.26. The van der Waals surface area contributed by atoms with Crippen LogP contribution >= 0.6 is 11.6 Å². The number of nitrogen functional groups attached to an aromatic ring is 1. The number of nitrogens with one attached hydrogen (secondary N) is 1. The molecule has 1 aliphatic rings. The van der Waals surface area contributed by atoms with E-state index in [0.717, 1.165) is 30.9 Å². The summed E-state index contributed by atoms with van der Waals surface area (Å²) in [4.78, 5) is 2.36. The molecule has 0 radical (unpaired) electrons. The molecule has 0 bridgehead atoms. The van der Waals surface area contributed by atoms with Gasteiger partial charge in [-0.15, -0.1) is 0 Å². The second-order valence-electron chi connectivity index (χ2n) is 4.98. The van der Waals surface area contributed by atoms with E-state index in [9.17, 15) is 0 Å². The van der Waals surface area contributed by atoms with Crippen molar-refractivity contribution in [2.75, 3.05) is 31.2 Å². The monoisotopic (exact) mass is 253 g/mol. The summed E-state index contributed by atoms with van der Waals surface area (Å²) in [6, 6.07) is 6.09. The Balaban J connectivity index is 2.10. The molecule has 3 nitrogen and oxygen atoms in total. The van der Waals surface area contributed by atoms with Gasteiger partial charge in [0.1, 0.15) is 0 Å². The van der Waals surface area contributed by atoms with Crippen LogP contribution in [0.1, 0.15) is 13.3 Å². The van der Waals surface area contributed by atoms with E-state index in [2.05, 4.69) is 24.2 Å². The van der Waals surface area contributed by atoms with Crippen molar-refractivity contribution < 1.29 is 0 Å². The van der Waals surface area contributed by atoms with Gasteiger partial charge in [0, 0.05) is 12.6 Å². The first kappa shape index (κ1) is 12.5. The Bertz CT molecular complexity index is 374. The molecule has 3 N–H and O–H groups in total. The van der Waals surface area contributed by atoms with Gasteiger partial charge < -0.3 is 16.0 Å². The van der Waals surface area contributed by atoms with E-state index in [1.807, 2.05) is 18.2 Å². The van der Waals surface area contributed by atoms with Crippen LogP contribution in [0.5, 0.6) is 0 Å². The number of piperidine rings is 1. The lowest BCUT2D eigenvalue weighted by Gasteiger charge is -2.36. The Morgan fingerprint density at radius 2 is 2.24 bits per heavy atom. The maximum absolute atomic E-state index is 6.17. The zero-order valence-electron chi connectivity index (χ0n) is 10.4. The number of nitrogens with zero attached hydrogens (tertiary/aromatic N) is 1. The van der Waals surface area contributed by atoms with Crippen molar-refractivity contribution in [1.82, 2.24) is 4.90 Å². The molecule has 0 aromatic heterocycles. The molecule has 1 heterocycles. The zero-order chi connectivity index (χ0) is 12.4. The number of para-hydroxylation sites is 1. The van der Waals surface area contributed by atoms with Crippen LogP contribution in [0.25, 0.3) is 0 Å². The molecule has 0 aliphatic carbocycles. The van der Waals surface area contributed by atoms with E-state index in [1.165, 1.54) is 0 Å². The Morgan fingerprint density at radius 1 is 1.47 bits per heavy atom. The molecule has 1 aromatic rings. The van der Waals surface area contributed by atoms with Gasteiger partial charge in [-0.1, -0.05) is 24.6 Å². The number of nitrogens with two attached hydrogens (primary N) is 1.